The van der Waals surface area contributed by atoms with E-state index >= 15 is 0 Å². The summed E-state index contributed by atoms with van der Waals surface area (Å²) in [6.07, 6.45) is 2.65. The van der Waals surface area contributed by atoms with Crippen LogP contribution in [0.15, 0.2) is 42.7 Å². The molecule has 18 heavy (non-hydrogen) atoms. The van der Waals surface area contributed by atoms with Crippen LogP contribution in [0, 0.1) is 6.92 Å². The Labute approximate surface area is 107 Å². The highest BCUT2D eigenvalue weighted by Crippen LogP contribution is 2.30. The summed E-state index contributed by atoms with van der Waals surface area (Å²) in [7, 11) is 0. The molecule has 0 aliphatic heterocycles. The molecule has 0 saturated heterocycles. The summed E-state index contributed by atoms with van der Waals surface area (Å²) in [6.45, 7) is 4.51. The van der Waals surface area contributed by atoms with Crippen molar-refractivity contribution in [2.45, 2.75) is 20.0 Å². The van der Waals surface area contributed by atoms with E-state index in [-0.39, 0.29) is 0 Å². The number of ether oxygens (including phenoxy) is 1. The molecule has 1 unspecified atom stereocenters. The molecular formula is C15H17NO2. The number of hydrogen-bond donors (Lipinski definition) is 1. The van der Waals surface area contributed by atoms with Crippen molar-refractivity contribution in [3.05, 3.63) is 59.4 Å². The van der Waals surface area contributed by atoms with Gasteiger partial charge in [0.15, 0.2) is 0 Å². The third kappa shape index (κ3) is 2.68. The van der Waals surface area contributed by atoms with Crippen molar-refractivity contribution >= 4 is 0 Å². The maximum atomic E-state index is 10.4. The van der Waals surface area contributed by atoms with Gasteiger partial charge in [0.2, 0.25) is 0 Å². The average molecular weight is 243 g/mol. The molecule has 0 aliphatic carbocycles. The van der Waals surface area contributed by atoms with E-state index in [1.807, 2.05) is 44.2 Å². The predicted octanol–water partition coefficient (Wildman–Crippen LogP) is 2.87. The third-order valence-electron chi connectivity index (χ3n) is 2.76. The van der Waals surface area contributed by atoms with Crippen molar-refractivity contribution in [3.8, 4) is 5.75 Å². The Balaban J connectivity index is 2.40. The molecular weight excluding hydrogens is 226 g/mol. The minimum absolute atomic E-state index is 0.579. The lowest BCUT2D eigenvalue weighted by Gasteiger charge is -2.16. The molecule has 94 valence electrons. The lowest BCUT2D eigenvalue weighted by molar-refractivity contribution is 0.211. The highest BCUT2D eigenvalue weighted by atomic mass is 16.5. The van der Waals surface area contributed by atoms with Crippen LogP contribution >= 0.6 is 0 Å². The van der Waals surface area contributed by atoms with Crippen LogP contribution in [0.4, 0.5) is 0 Å². The third-order valence-corrected chi connectivity index (χ3v) is 2.76. The Morgan fingerprint density at radius 1 is 1.33 bits per heavy atom. The Kier molecular flexibility index (Phi) is 3.95. The number of rotatable bonds is 4. The molecule has 0 spiro atoms. The summed E-state index contributed by atoms with van der Waals surface area (Å²) in [4.78, 5) is 4.03. The minimum atomic E-state index is -0.708. The summed E-state index contributed by atoms with van der Waals surface area (Å²) < 4.78 is 5.55. The van der Waals surface area contributed by atoms with Gasteiger partial charge in [-0.25, -0.2) is 0 Å². The van der Waals surface area contributed by atoms with Crippen molar-refractivity contribution in [2.24, 2.45) is 0 Å². The number of nitrogens with zero attached hydrogens (tertiary/aromatic N) is 1. The van der Waals surface area contributed by atoms with Gasteiger partial charge in [-0.15, -0.1) is 0 Å². The van der Waals surface area contributed by atoms with Crippen LogP contribution in [0.2, 0.25) is 0 Å². The molecule has 3 heteroatoms. The van der Waals surface area contributed by atoms with E-state index in [2.05, 4.69) is 4.98 Å². The molecule has 2 rings (SSSR count). The quantitative estimate of drug-likeness (QED) is 0.897. The maximum Gasteiger partial charge on any atom is 0.125 e. The molecule has 0 radical (unpaired) electrons. The first-order valence-corrected chi connectivity index (χ1v) is 6.03. The molecule has 0 bridgehead atoms. The topological polar surface area (TPSA) is 42.4 Å². The maximum absolute atomic E-state index is 10.4. The smallest absolute Gasteiger partial charge is 0.125 e. The second-order valence-electron chi connectivity index (χ2n) is 4.16. The summed E-state index contributed by atoms with van der Waals surface area (Å²) in [5, 5.41) is 10.4. The van der Waals surface area contributed by atoms with Crippen molar-refractivity contribution in [1.29, 1.82) is 0 Å². The molecule has 1 aromatic heterocycles. The fraction of sp³-hybridized carbons (Fsp3) is 0.267. The van der Waals surface area contributed by atoms with Crippen LogP contribution in [0.1, 0.15) is 29.7 Å². The molecule has 0 fully saturated rings. The highest BCUT2D eigenvalue weighted by Gasteiger charge is 2.15. The molecule has 3 nitrogen and oxygen atoms in total. The first kappa shape index (κ1) is 12.6. The largest absolute Gasteiger partial charge is 0.493 e. The van der Waals surface area contributed by atoms with Gasteiger partial charge < -0.3 is 9.84 Å². The standard InChI is InChI=1S/C15H17NO2/c1-3-18-14-7-6-11(2)9-13(14)15(17)12-5-4-8-16-10-12/h4-10,15,17H,3H2,1-2H3. The van der Waals surface area contributed by atoms with Crippen LogP contribution in [0.3, 0.4) is 0 Å². The SMILES string of the molecule is CCOc1ccc(C)cc1C(O)c1cccnc1. The zero-order valence-electron chi connectivity index (χ0n) is 10.6. The fourth-order valence-corrected chi connectivity index (χ4v) is 1.89. The fourth-order valence-electron chi connectivity index (χ4n) is 1.89. The van der Waals surface area contributed by atoms with Gasteiger partial charge in [-0.1, -0.05) is 17.7 Å². The Morgan fingerprint density at radius 2 is 2.17 bits per heavy atom. The van der Waals surface area contributed by atoms with Gasteiger partial charge in [0.05, 0.1) is 6.61 Å². The zero-order chi connectivity index (χ0) is 13.0. The van der Waals surface area contributed by atoms with Gasteiger partial charge in [-0.2, -0.15) is 0 Å². The van der Waals surface area contributed by atoms with Crippen LogP contribution in [0.25, 0.3) is 0 Å². The van der Waals surface area contributed by atoms with E-state index < -0.39 is 6.10 Å². The average Bonchev–Trinajstić information content (AvgIpc) is 2.41. The normalized spacial score (nSPS) is 12.2. The van der Waals surface area contributed by atoms with Crippen LogP contribution in [-0.4, -0.2) is 16.7 Å². The molecule has 1 N–H and O–H groups in total. The van der Waals surface area contributed by atoms with Gasteiger partial charge in [0.1, 0.15) is 11.9 Å². The van der Waals surface area contributed by atoms with Crippen LogP contribution in [0.5, 0.6) is 5.75 Å². The Morgan fingerprint density at radius 3 is 2.83 bits per heavy atom. The van der Waals surface area contributed by atoms with Gasteiger partial charge in [-0.05, 0) is 32.0 Å². The van der Waals surface area contributed by atoms with Crippen molar-refractivity contribution in [1.82, 2.24) is 4.98 Å². The van der Waals surface area contributed by atoms with Crippen LogP contribution in [-0.2, 0) is 0 Å². The second-order valence-corrected chi connectivity index (χ2v) is 4.16. The van der Waals surface area contributed by atoms with Gasteiger partial charge in [0, 0.05) is 23.5 Å². The van der Waals surface area contributed by atoms with E-state index in [1.165, 1.54) is 0 Å². The summed E-state index contributed by atoms with van der Waals surface area (Å²) in [6, 6.07) is 9.49. The van der Waals surface area contributed by atoms with Crippen molar-refractivity contribution in [2.75, 3.05) is 6.61 Å². The van der Waals surface area contributed by atoms with E-state index in [0.29, 0.717) is 6.61 Å². The number of aryl methyl sites for hydroxylation is 1. The van der Waals surface area contributed by atoms with Gasteiger partial charge in [-0.3, -0.25) is 4.98 Å². The predicted molar refractivity (Wildman–Crippen MR) is 70.6 cm³/mol. The van der Waals surface area contributed by atoms with E-state index in [4.69, 9.17) is 4.74 Å². The lowest BCUT2D eigenvalue weighted by atomic mass is 10.0. The monoisotopic (exact) mass is 243 g/mol. The van der Waals surface area contributed by atoms with Crippen molar-refractivity contribution in [3.63, 3.8) is 0 Å². The summed E-state index contributed by atoms with van der Waals surface area (Å²) in [5.41, 5.74) is 2.64. The van der Waals surface area contributed by atoms with E-state index in [9.17, 15) is 5.11 Å². The molecule has 1 atom stereocenters. The first-order chi connectivity index (χ1) is 8.72. The van der Waals surface area contributed by atoms with E-state index in [0.717, 1.165) is 22.4 Å². The zero-order valence-corrected chi connectivity index (χ0v) is 10.6. The molecule has 0 aliphatic rings. The Bertz CT molecular complexity index is 511. The number of pyridine rings is 1. The molecule has 0 amide bonds. The molecule has 0 saturated carbocycles. The van der Waals surface area contributed by atoms with Crippen molar-refractivity contribution < 1.29 is 9.84 Å². The van der Waals surface area contributed by atoms with Gasteiger partial charge >= 0.3 is 0 Å². The first-order valence-electron chi connectivity index (χ1n) is 6.03. The number of aromatic nitrogens is 1. The Hall–Kier alpha value is -1.87. The number of benzene rings is 1. The summed E-state index contributed by atoms with van der Waals surface area (Å²) in [5.74, 6) is 0.722. The lowest BCUT2D eigenvalue weighted by Crippen LogP contribution is -2.04. The molecule has 1 aromatic carbocycles. The second kappa shape index (κ2) is 5.65. The molecule has 1 heterocycles. The van der Waals surface area contributed by atoms with E-state index in [1.54, 1.807) is 12.4 Å². The molecule has 2 aromatic rings. The minimum Gasteiger partial charge on any atom is -0.493 e. The summed E-state index contributed by atoms with van der Waals surface area (Å²) >= 11 is 0. The number of aliphatic hydroxyl groups is 1. The van der Waals surface area contributed by atoms with Crippen LogP contribution < -0.4 is 4.74 Å². The highest BCUT2D eigenvalue weighted by molar-refractivity contribution is 5.42. The number of aliphatic hydroxyl groups excluding tert-OH is 1. The number of hydrogen-bond acceptors (Lipinski definition) is 3. The van der Waals surface area contributed by atoms with Gasteiger partial charge in [0.25, 0.3) is 0 Å².